The Morgan fingerprint density at radius 1 is 1.27 bits per heavy atom. The number of nitrogens with one attached hydrogen (secondary N) is 1. The van der Waals surface area contributed by atoms with Gasteiger partial charge in [0.2, 0.25) is 5.82 Å². The first-order chi connectivity index (χ1) is 11.7. The molecule has 2 aromatic heterocycles. The highest BCUT2D eigenvalue weighted by Crippen LogP contribution is 2.21. The average Bonchev–Trinajstić information content (AvgIpc) is 2.84. The van der Waals surface area contributed by atoms with E-state index in [4.69, 9.17) is 21.5 Å². The van der Waals surface area contributed by atoms with Gasteiger partial charge in [0.05, 0.1) is 5.52 Å². The Morgan fingerprint density at radius 2 is 1.81 bits per heavy atom. The standard InChI is InChI=1S/C14H18ClN3O.C2HF3O2/c1-9(14(2,3)4)16-13(19)12-17-11(15)10-7-5-6-8-18(10)12;3-2(4,5)1(6)7/h5-9H,1-4H3,(H,16,19);(H,6,7)/t9-;/m1./s1. The first kappa shape index (κ1) is 21.8. The topological polar surface area (TPSA) is 83.7 Å². The minimum Gasteiger partial charge on any atom is -0.475 e. The zero-order chi connectivity index (χ0) is 20.3. The lowest BCUT2D eigenvalue weighted by Gasteiger charge is -2.27. The van der Waals surface area contributed by atoms with Gasteiger partial charge in [-0.1, -0.05) is 38.4 Å². The second kappa shape index (κ2) is 7.94. The number of carbonyl (C=O) groups excluding carboxylic acids is 1. The summed E-state index contributed by atoms with van der Waals surface area (Å²) in [6, 6.07) is 5.58. The Balaban J connectivity index is 0.000000412. The highest BCUT2D eigenvalue weighted by molar-refractivity contribution is 6.33. The summed E-state index contributed by atoms with van der Waals surface area (Å²) in [7, 11) is 0. The van der Waals surface area contributed by atoms with E-state index in [0.29, 0.717) is 11.0 Å². The number of alkyl halides is 3. The van der Waals surface area contributed by atoms with Crippen molar-refractivity contribution in [2.24, 2.45) is 5.41 Å². The first-order valence-corrected chi connectivity index (χ1v) is 7.86. The Labute approximate surface area is 153 Å². The van der Waals surface area contributed by atoms with Crippen LogP contribution < -0.4 is 5.32 Å². The number of aliphatic carboxylic acids is 1. The normalized spacial score (nSPS) is 12.9. The van der Waals surface area contributed by atoms with Crippen LogP contribution in [-0.4, -0.2) is 38.6 Å². The van der Waals surface area contributed by atoms with Gasteiger partial charge in [-0.05, 0) is 24.5 Å². The molecular weight excluding hydrogens is 375 g/mol. The summed E-state index contributed by atoms with van der Waals surface area (Å²) in [4.78, 5) is 25.3. The molecule has 2 aromatic rings. The smallest absolute Gasteiger partial charge is 0.475 e. The third-order valence-electron chi connectivity index (χ3n) is 3.60. The Kier molecular flexibility index (Phi) is 6.65. The SMILES string of the molecule is C[C@@H](NC(=O)c1nc(Cl)c2ccccn12)C(C)(C)C.O=C(O)C(F)(F)F. The van der Waals surface area contributed by atoms with Crippen LogP contribution in [0.2, 0.25) is 5.15 Å². The molecule has 2 N–H and O–H groups in total. The van der Waals surface area contributed by atoms with Gasteiger partial charge in [-0.15, -0.1) is 0 Å². The molecular formula is C16H19ClF3N3O3. The van der Waals surface area contributed by atoms with Gasteiger partial charge in [-0.3, -0.25) is 9.20 Å². The molecule has 0 unspecified atom stereocenters. The van der Waals surface area contributed by atoms with Crippen LogP contribution in [0.1, 0.15) is 38.3 Å². The quantitative estimate of drug-likeness (QED) is 0.813. The maximum Gasteiger partial charge on any atom is 0.490 e. The van der Waals surface area contributed by atoms with Crippen molar-refractivity contribution in [3.05, 3.63) is 35.4 Å². The monoisotopic (exact) mass is 393 g/mol. The van der Waals surface area contributed by atoms with Crippen LogP contribution in [0.4, 0.5) is 13.2 Å². The minimum absolute atomic E-state index is 0.00742. The molecule has 0 saturated heterocycles. The van der Waals surface area contributed by atoms with E-state index < -0.39 is 12.1 Å². The van der Waals surface area contributed by atoms with Crippen LogP contribution in [0.5, 0.6) is 0 Å². The fourth-order valence-corrected chi connectivity index (χ4v) is 1.87. The summed E-state index contributed by atoms with van der Waals surface area (Å²) < 4.78 is 33.4. The van der Waals surface area contributed by atoms with Gasteiger partial charge in [0.1, 0.15) is 0 Å². The number of aromatic nitrogens is 2. The van der Waals surface area contributed by atoms with E-state index in [1.807, 2.05) is 25.1 Å². The van der Waals surface area contributed by atoms with Crippen molar-refractivity contribution in [2.75, 3.05) is 0 Å². The van der Waals surface area contributed by atoms with Gasteiger partial charge in [0.25, 0.3) is 5.91 Å². The van der Waals surface area contributed by atoms with Gasteiger partial charge in [0.15, 0.2) is 5.15 Å². The molecule has 26 heavy (non-hydrogen) atoms. The lowest BCUT2D eigenvalue weighted by atomic mass is 9.88. The molecule has 0 aliphatic carbocycles. The lowest BCUT2D eigenvalue weighted by Crippen LogP contribution is -2.42. The average molecular weight is 394 g/mol. The van der Waals surface area contributed by atoms with E-state index in [1.165, 1.54) is 0 Å². The van der Waals surface area contributed by atoms with Crippen molar-refractivity contribution in [1.82, 2.24) is 14.7 Å². The van der Waals surface area contributed by atoms with Crippen LogP contribution in [-0.2, 0) is 4.79 Å². The largest absolute Gasteiger partial charge is 0.490 e. The van der Waals surface area contributed by atoms with E-state index in [1.54, 1.807) is 10.6 Å². The molecule has 0 aliphatic rings. The van der Waals surface area contributed by atoms with Crippen molar-refractivity contribution >= 4 is 29.0 Å². The molecule has 10 heteroatoms. The second-order valence-corrected chi connectivity index (χ2v) is 6.90. The number of carboxylic acids is 1. The fourth-order valence-electron chi connectivity index (χ4n) is 1.64. The third-order valence-corrected chi connectivity index (χ3v) is 3.87. The number of halogens is 4. The first-order valence-electron chi connectivity index (χ1n) is 7.48. The number of pyridine rings is 1. The zero-order valence-electron chi connectivity index (χ0n) is 14.6. The van der Waals surface area contributed by atoms with Crippen LogP contribution in [0, 0.1) is 5.41 Å². The van der Waals surface area contributed by atoms with Gasteiger partial charge in [0, 0.05) is 12.2 Å². The van der Waals surface area contributed by atoms with E-state index >= 15 is 0 Å². The number of imidazole rings is 1. The van der Waals surface area contributed by atoms with Crippen molar-refractivity contribution in [3.63, 3.8) is 0 Å². The van der Waals surface area contributed by atoms with Crippen molar-refractivity contribution in [3.8, 4) is 0 Å². The van der Waals surface area contributed by atoms with Gasteiger partial charge in [-0.2, -0.15) is 13.2 Å². The summed E-state index contributed by atoms with van der Waals surface area (Å²) in [5.41, 5.74) is 0.727. The zero-order valence-corrected chi connectivity index (χ0v) is 15.3. The Hall–Kier alpha value is -2.29. The van der Waals surface area contributed by atoms with Crippen molar-refractivity contribution in [1.29, 1.82) is 0 Å². The number of nitrogens with zero attached hydrogens (tertiary/aromatic N) is 2. The Bertz CT molecular complexity index is 797. The van der Waals surface area contributed by atoms with Gasteiger partial charge < -0.3 is 10.4 Å². The number of fused-ring (bicyclic) bond motifs is 1. The molecule has 2 heterocycles. The summed E-state index contributed by atoms with van der Waals surface area (Å²) in [5, 5.41) is 10.4. The highest BCUT2D eigenvalue weighted by Gasteiger charge is 2.38. The van der Waals surface area contributed by atoms with Crippen LogP contribution in [0.15, 0.2) is 24.4 Å². The summed E-state index contributed by atoms with van der Waals surface area (Å²) in [5.74, 6) is -2.65. The number of carbonyl (C=O) groups is 2. The van der Waals surface area contributed by atoms with Gasteiger partial charge >= 0.3 is 12.1 Å². The van der Waals surface area contributed by atoms with E-state index in [-0.39, 0.29) is 17.4 Å². The molecule has 0 fully saturated rings. The van der Waals surface area contributed by atoms with E-state index in [9.17, 15) is 18.0 Å². The molecule has 0 radical (unpaired) electrons. The molecule has 2 rings (SSSR count). The fraction of sp³-hybridized carbons (Fsp3) is 0.438. The minimum atomic E-state index is -5.08. The highest BCUT2D eigenvalue weighted by atomic mass is 35.5. The summed E-state index contributed by atoms with van der Waals surface area (Å²) in [6.07, 6.45) is -3.30. The molecule has 1 atom stereocenters. The molecule has 0 aromatic carbocycles. The molecule has 1 amide bonds. The maximum atomic E-state index is 12.3. The third kappa shape index (κ3) is 5.62. The van der Waals surface area contributed by atoms with Crippen LogP contribution in [0.25, 0.3) is 5.52 Å². The van der Waals surface area contributed by atoms with E-state index in [0.717, 1.165) is 5.52 Å². The second-order valence-electron chi connectivity index (χ2n) is 6.55. The van der Waals surface area contributed by atoms with Crippen molar-refractivity contribution < 1.29 is 27.9 Å². The van der Waals surface area contributed by atoms with Crippen LogP contribution >= 0.6 is 11.6 Å². The maximum absolute atomic E-state index is 12.3. The predicted molar refractivity (Wildman–Crippen MR) is 90.3 cm³/mol. The predicted octanol–water partition coefficient (Wildman–Crippen LogP) is 3.79. The number of hydrogen-bond acceptors (Lipinski definition) is 3. The molecule has 144 valence electrons. The number of amides is 1. The van der Waals surface area contributed by atoms with E-state index in [2.05, 4.69) is 31.1 Å². The molecule has 0 bridgehead atoms. The van der Waals surface area contributed by atoms with Gasteiger partial charge in [-0.25, -0.2) is 9.78 Å². The van der Waals surface area contributed by atoms with Crippen molar-refractivity contribution in [2.45, 2.75) is 39.9 Å². The Morgan fingerprint density at radius 3 is 2.27 bits per heavy atom. The molecule has 6 nitrogen and oxygen atoms in total. The molecule has 0 spiro atoms. The summed E-state index contributed by atoms with van der Waals surface area (Å²) in [6.45, 7) is 8.22. The lowest BCUT2D eigenvalue weighted by molar-refractivity contribution is -0.192. The number of hydrogen-bond donors (Lipinski definition) is 2. The number of rotatable bonds is 2. The number of carboxylic acid groups (broad SMARTS) is 1. The van der Waals surface area contributed by atoms with Crippen LogP contribution in [0.3, 0.4) is 0 Å². The molecule has 0 aliphatic heterocycles. The summed E-state index contributed by atoms with van der Waals surface area (Å²) >= 11 is 6.04. The molecule has 0 saturated carbocycles.